The van der Waals surface area contributed by atoms with Crippen molar-refractivity contribution in [2.24, 2.45) is 0 Å². The summed E-state index contributed by atoms with van der Waals surface area (Å²) < 4.78 is 5.29. The van der Waals surface area contributed by atoms with Crippen molar-refractivity contribution in [2.45, 2.75) is 6.42 Å². The van der Waals surface area contributed by atoms with Crippen LogP contribution in [0.3, 0.4) is 0 Å². The number of nitrogens with one attached hydrogen (secondary N) is 3. The van der Waals surface area contributed by atoms with E-state index in [2.05, 4.69) is 20.9 Å². The topological polar surface area (TPSA) is 82.7 Å². The van der Waals surface area contributed by atoms with Crippen molar-refractivity contribution in [1.29, 1.82) is 0 Å². The molecule has 0 radical (unpaired) electrons. The summed E-state index contributed by atoms with van der Waals surface area (Å²) in [6.07, 6.45) is 0.899. The molecule has 3 N–H and O–H groups in total. The molecule has 8 heteroatoms. The second-order valence-electron chi connectivity index (χ2n) is 5.73. The zero-order valence-corrected chi connectivity index (χ0v) is 15.0. The van der Waals surface area contributed by atoms with Gasteiger partial charge >= 0.3 is 6.03 Å². The van der Waals surface area contributed by atoms with E-state index in [0.29, 0.717) is 30.2 Å². The summed E-state index contributed by atoms with van der Waals surface area (Å²) in [6, 6.07) is 6.62. The van der Waals surface area contributed by atoms with Crippen LogP contribution in [0, 0.1) is 0 Å². The van der Waals surface area contributed by atoms with Gasteiger partial charge in [0.2, 0.25) is 0 Å². The molecule has 1 aliphatic heterocycles. The smallest absolute Gasteiger partial charge is 0.314 e. The van der Waals surface area contributed by atoms with E-state index in [4.69, 9.17) is 16.3 Å². The molecule has 7 nitrogen and oxygen atoms in total. The van der Waals surface area contributed by atoms with Gasteiger partial charge in [-0.15, -0.1) is 0 Å². The fourth-order valence-electron chi connectivity index (χ4n) is 2.48. The minimum atomic E-state index is -0.252. The van der Waals surface area contributed by atoms with Crippen LogP contribution in [0.15, 0.2) is 24.3 Å². The number of benzene rings is 1. The molecule has 0 bridgehead atoms. The van der Waals surface area contributed by atoms with Crippen molar-refractivity contribution in [1.82, 2.24) is 20.9 Å². The lowest BCUT2D eigenvalue weighted by Crippen LogP contribution is -2.42. The molecule has 0 saturated carbocycles. The first-order valence-corrected chi connectivity index (χ1v) is 8.89. The van der Waals surface area contributed by atoms with Crippen LogP contribution in [0.25, 0.3) is 0 Å². The molecule has 1 aromatic rings. The monoisotopic (exact) mass is 368 g/mol. The maximum absolute atomic E-state index is 11.9. The number of hydrogen-bond acceptors (Lipinski definition) is 4. The average molecular weight is 369 g/mol. The van der Waals surface area contributed by atoms with Crippen molar-refractivity contribution in [2.75, 3.05) is 52.5 Å². The largest absolute Gasteiger partial charge is 0.379 e. The average Bonchev–Trinajstić information content (AvgIpc) is 2.63. The van der Waals surface area contributed by atoms with E-state index >= 15 is 0 Å². The van der Waals surface area contributed by atoms with E-state index in [1.165, 1.54) is 0 Å². The third-order valence-corrected chi connectivity index (χ3v) is 4.18. The van der Waals surface area contributed by atoms with Gasteiger partial charge in [0.25, 0.3) is 5.91 Å². The Labute approximate surface area is 153 Å². The maximum Gasteiger partial charge on any atom is 0.314 e. The normalized spacial score (nSPS) is 14.8. The number of urea groups is 1. The van der Waals surface area contributed by atoms with E-state index in [-0.39, 0.29) is 11.9 Å². The highest BCUT2D eigenvalue weighted by Crippen LogP contribution is 2.14. The Bertz CT molecular complexity index is 565. The van der Waals surface area contributed by atoms with E-state index in [9.17, 15) is 9.59 Å². The molecule has 1 aromatic carbocycles. The molecule has 2 rings (SSSR count). The van der Waals surface area contributed by atoms with Crippen molar-refractivity contribution < 1.29 is 14.3 Å². The number of morpholine rings is 1. The number of hydrogen-bond donors (Lipinski definition) is 3. The van der Waals surface area contributed by atoms with Gasteiger partial charge in [-0.05, 0) is 25.1 Å². The molecule has 3 amide bonds. The summed E-state index contributed by atoms with van der Waals surface area (Å²) in [5, 5.41) is 8.65. The molecule has 0 aromatic heterocycles. The minimum absolute atomic E-state index is 0.228. The van der Waals surface area contributed by atoms with Crippen LogP contribution in [0.1, 0.15) is 16.8 Å². The fraction of sp³-hybridized carbons (Fsp3) is 0.529. The van der Waals surface area contributed by atoms with Crippen molar-refractivity contribution in [3.8, 4) is 0 Å². The molecule has 0 spiro atoms. The standard InChI is InChI=1S/C17H25ClN4O3/c18-15-5-2-1-4-14(15)16(23)19-7-8-21-17(24)20-6-3-9-22-10-12-25-13-11-22/h1-2,4-5H,3,6-13H2,(H,19,23)(H2,20,21,24). The van der Waals surface area contributed by atoms with Gasteiger partial charge in [0.1, 0.15) is 0 Å². The lowest BCUT2D eigenvalue weighted by atomic mass is 10.2. The summed E-state index contributed by atoms with van der Waals surface area (Å²) in [7, 11) is 0. The zero-order valence-electron chi connectivity index (χ0n) is 14.2. The first-order valence-electron chi connectivity index (χ1n) is 8.51. The summed E-state index contributed by atoms with van der Waals surface area (Å²) in [5.41, 5.74) is 0.428. The van der Waals surface area contributed by atoms with Gasteiger partial charge in [0.15, 0.2) is 0 Å². The number of rotatable bonds is 8. The van der Waals surface area contributed by atoms with Crippen LogP contribution in [-0.4, -0.2) is 69.3 Å². The highest BCUT2D eigenvalue weighted by Gasteiger charge is 2.10. The van der Waals surface area contributed by atoms with Crippen LogP contribution in [0.2, 0.25) is 5.02 Å². The van der Waals surface area contributed by atoms with Crippen LogP contribution < -0.4 is 16.0 Å². The molecule has 1 saturated heterocycles. The number of amides is 3. The van der Waals surface area contributed by atoms with E-state index in [1.54, 1.807) is 24.3 Å². The zero-order chi connectivity index (χ0) is 17.9. The van der Waals surface area contributed by atoms with Gasteiger partial charge in [0.05, 0.1) is 23.8 Å². The SMILES string of the molecule is O=C(NCCCN1CCOCC1)NCCNC(=O)c1ccccc1Cl. The Balaban J connectivity index is 1.50. The number of carbonyl (C=O) groups is 2. The van der Waals surface area contributed by atoms with Crippen LogP contribution in [0.4, 0.5) is 4.79 Å². The van der Waals surface area contributed by atoms with E-state index in [1.807, 2.05) is 0 Å². The van der Waals surface area contributed by atoms with Gasteiger partial charge in [-0.25, -0.2) is 4.79 Å². The molecule has 0 atom stereocenters. The molecule has 1 aliphatic rings. The van der Waals surface area contributed by atoms with Crippen LogP contribution >= 0.6 is 11.6 Å². The molecular formula is C17H25ClN4O3. The Kier molecular flexibility index (Phi) is 8.51. The van der Waals surface area contributed by atoms with Crippen molar-refractivity contribution in [3.05, 3.63) is 34.9 Å². The molecule has 138 valence electrons. The summed E-state index contributed by atoms with van der Waals surface area (Å²) in [4.78, 5) is 25.9. The molecule has 1 heterocycles. The number of nitrogens with zero attached hydrogens (tertiary/aromatic N) is 1. The molecule has 1 fully saturated rings. The number of ether oxygens (including phenoxy) is 1. The summed E-state index contributed by atoms with van der Waals surface area (Å²) >= 11 is 5.96. The van der Waals surface area contributed by atoms with Gasteiger partial charge < -0.3 is 20.7 Å². The van der Waals surface area contributed by atoms with E-state index < -0.39 is 0 Å². The second-order valence-corrected chi connectivity index (χ2v) is 6.13. The Morgan fingerprint density at radius 3 is 2.48 bits per heavy atom. The van der Waals surface area contributed by atoms with Gasteiger partial charge in [0, 0.05) is 32.7 Å². The molecular weight excluding hydrogens is 344 g/mol. The minimum Gasteiger partial charge on any atom is -0.379 e. The highest BCUT2D eigenvalue weighted by molar-refractivity contribution is 6.33. The predicted octanol–water partition coefficient (Wildman–Crippen LogP) is 1.09. The highest BCUT2D eigenvalue weighted by atomic mass is 35.5. The van der Waals surface area contributed by atoms with Gasteiger partial charge in [-0.2, -0.15) is 0 Å². The quantitative estimate of drug-likeness (QED) is 0.600. The number of halogens is 1. The lowest BCUT2D eigenvalue weighted by Gasteiger charge is -2.26. The van der Waals surface area contributed by atoms with Crippen molar-refractivity contribution >= 4 is 23.5 Å². The van der Waals surface area contributed by atoms with E-state index in [0.717, 1.165) is 39.3 Å². The summed E-state index contributed by atoms with van der Waals surface area (Å²) in [6.45, 7) is 5.75. The predicted molar refractivity (Wildman–Crippen MR) is 97.1 cm³/mol. The molecule has 25 heavy (non-hydrogen) atoms. The number of carbonyl (C=O) groups excluding carboxylic acids is 2. The summed E-state index contributed by atoms with van der Waals surface area (Å²) in [5.74, 6) is -0.252. The Morgan fingerprint density at radius 1 is 1.04 bits per heavy atom. The van der Waals surface area contributed by atoms with Crippen LogP contribution in [-0.2, 0) is 4.74 Å². The first kappa shape index (κ1) is 19.5. The first-order chi connectivity index (χ1) is 12.2. The third-order valence-electron chi connectivity index (χ3n) is 3.85. The molecule has 0 unspecified atom stereocenters. The van der Waals surface area contributed by atoms with Gasteiger partial charge in [-0.1, -0.05) is 23.7 Å². The Hall–Kier alpha value is -1.83. The second kappa shape index (κ2) is 10.9. The van der Waals surface area contributed by atoms with Crippen molar-refractivity contribution in [3.63, 3.8) is 0 Å². The Morgan fingerprint density at radius 2 is 1.72 bits per heavy atom. The maximum atomic E-state index is 11.9. The lowest BCUT2D eigenvalue weighted by molar-refractivity contribution is 0.0375. The third kappa shape index (κ3) is 7.29. The fourth-order valence-corrected chi connectivity index (χ4v) is 2.71. The van der Waals surface area contributed by atoms with Crippen LogP contribution in [0.5, 0.6) is 0 Å². The van der Waals surface area contributed by atoms with Gasteiger partial charge in [-0.3, -0.25) is 9.69 Å². The molecule has 0 aliphatic carbocycles.